The van der Waals surface area contributed by atoms with Gasteiger partial charge >= 0.3 is 6.18 Å². The van der Waals surface area contributed by atoms with Crippen molar-refractivity contribution < 1.29 is 17.9 Å². The molecule has 0 bridgehead atoms. The van der Waals surface area contributed by atoms with E-state index >= 15 is 0 Å². The van der Waals surface area contributed by atoms with E-state index in [1.54, 1.807) is 0 Å². The van der Waals surface area contributed by atoms with Crippen molar-refractivity contribution in [3.63, 3.8) is 0 Å². The number of methoxy groups -OCH3 is 1. The molecule has 0 aliphatic rings. The van der Waals surface area contributed by atoms with Gasteiger partial charge in [-0.15, -0.1) is 0 Å². The minimum atomic E-state index is -4.27. The predicted molar refractivity (Wildman–Crippen MR) is 41.2 cm³/mol. The first-order chi connectivity index (χ1) is 5.95. The summed E-state index contributed by atoms with van der Waals surface area (Å²) in [5.74, 6) is 0. The van der Waals surface area contributed by atoms with E-state index in [1.807, 2.05) is 0 Å². The van der Waals surface area contributed by atoms with Crippen LogP contribution in [-0.4, -0.2) is 11.7 Å². The second-order valence-electron chi connectivity index (χ2n) is 2.78. The topological polar surface area (TPSA) is 14.2 Å². The van der Waals surface area contributed by atoms with Crippen LogP contribution in [0.25, 0.3) is 0 Å². The van der Waals surface area contributed by atoms with E-state index in [0.29, 0.717) is 0 Å². The van der Waals surface area contributed by atoms with Gasteiger partial charge in [-0.05, 0) is 12.5 Å². The van der Waals surface area contributed by atoms with Gasteiger partial charge in [0.15, 0.2) is 0 Å². The van der Waals surface area contributed by atoms with Crippen LogP contribution in [0.3, 0.4) is 0 Å². The van der Waals surface area contributed by atoms with E-state index in [2.05, 4.69) is 0 Å². The number of aryl methyl sites for hydroxylation is 1. The zero-order chi connectivity index (χ0) is 10.1. The number of nitrogens with zero attached hydrogens (tertiary/aromatic N) is 1. The third-order valence-corrected chi connectivity index (χ3v) is 1.66. The molecule has 1 aromatic rings. The summed E-state index contributed by atoms with van der Waals surface area (Å²) in [6.07, 6.45) is -1.83. The fourth-order valence-corrected chi connectivity index (χ4v) is 1.14. The number of aromatic nitrogens is 1. The van der Waals surface area contributed by atoms with Crippen molar-refractivity contribution in [3.8, 4) is 0 Å². The van der Waals surface area contributed by atoms with Crippen LogP contribution in [0.15, 0.2) is 12.4 Å². The Labute approximate surface area is 73.9 Å². The number of hydrogen-bond acceptors (Lipinski definition) is 1. The standard InChI is InChI=1S/C8H10F3NO/c1-6-3-12(5-13-2)4-7(6)8(9,10)11/h3-4H,5H2,1-2H3. The zero-order valence-corrected chi connectivity index (χ0v) is 7.35. The lowest BCUT2D eigenvalue weighted by Gasteiger charge is -2.03. The molecule has 13 heavy (non-hydrogen) atoms. The Morgan fingerprint density at radius 3 is 2.38 bits per heavy atom. The van der Waals surface area contributed by atoms with Gasteiger partial charge in [-0.3, -0.25) is 0 Å². The van der Waals surface area contributed by atoms with Crippen molar-refractivity contribution in [2.45, 2.75) is 19.8 Å². The molecular formula is C8H10F3NO. The SMILES string of the molecule is COCn1cc(C)c(C(F)(F)F)c1. The molecule has 0 aromatic carbocycles. The van der Waals surface area contributed by atoms with Gasteiger partial charge in [-0.25, -0.2) is 0 Å². The Morgan fingerprint density at radius 1 is 1.38 bits per heavy atom. The molecule has 2 nitrogen and oxygen atoms in total. The molecule has 0 aliphatic heterocycles. The molecule has 0 spiro atoms. The average Bonchev–Trinajstić information content (AvgIpc) is 2.30. The van der Waals surface area contributed by atoms with Crippen LogP contribution in [0.5, 0.6) is 0 Å². The van der Waals surface area contributed by atoms with Crippen molar-refractivity contribution >= 4 is 0 Å². The van der Waals surface area contributed by atoms with Crippen molar-refractivity contribution in [3.05, 3.63) is 23.5 Å². The highest BCUT2D eigenvalue weighted by molar-refractivity contribution is 5.25. The van der Waals surface area contributed by atoms with Crippen LogP contribution in [0.2, 0.25) is 0 Å². The summed E-state index contributed by atoms with van der Waals surface area (Å²) in [6, 6.07) is 0. The molecule has 1 aromatic heterocycles. The molecule has 74 valence electrons. The van der Waals surface area contributed by atoms with Crippen LogP contribution in [0.4, 0.5) is 13.2 Å². The van der Waals surface area contributed by atoms with E-state index < -0.39 is 11.7 Å². The van der Waals surface area contributed by atoms with Crippen LogP contribution < -0.4 is 0 Å². The Bertz CT molecular complexity index is 290. The lowest BCUT2D eigenvalue weighted by Crippen LogP contribution is -2.05. The van der Waals surface area contributed by atoms with Gasteiger partial charge in [0, 0.05) is 19.5 Å². The van der Waals surface area contributed by atoms with E-state index in [-0.39, 0.29) is 12.3 Å². The Balaban J connectivity index is 2.96. The molecular weight excluding hydrogens is 183 g/mol. The predicted octanol–water partition coefficient (Wildman–Crippen LogP) is 2.42. The lowest BCUT2D eigenvalue weighted by atomic mass is 10.2. The van der Waals surface area contributed by atoms with E-state index in [4.69, 9.17) is 4.74 Å². The minimum absolute atomic E-state index is 0.136. The summed E-state index contributed by atoms with van der Waals surface area (Å²) in [5, 5.41) is 0. The Morgan fingerprint density at radius 2 is 2.00 bits per heavy atom. The lowest BCUT2D eigenvalue weighted by molar-refractivity contribution is -0.138. The van der Waals surface area contributed by atoms with E-state index in [0.717, 1.165) is 6.20 Å². The first-order valence-electron chi connectivity index (χ1n) is 3.67. The maximum absolute atomic E-state index is 12.2. The number of ether oxygens (including phenoxy) is 1. The van der Waals surface area contributed by atoms with E-state index in [1.165, 1.54) is 24.8 Å². The quantitative estimate of drug-likeness (QED) is 0.703. The molecule has 0 aliphatic carbocycles. The van der Waals surface area contributed by atoms with Crippen LogP contribution >= 0.6 is 0 Å². The second-order valence-corrected chi connectivity index (χ2v) is 2.78. The molecule has 1 rings (SSSR count). The summed E-state index contributed by atoms with van der Waals surface area (Å²) >= 11 is 0. The first-order valence-corrected chi connectivity index (χ1v) is 3.67. The normalized spacial score (nSPS) is 12.1. The summed E-state index contributed by atoms with van der Waals surface area (Å²) in [4.78, 5) is 0. The second kappa shape index (κ2) is 3.41. The minimum Gasteiger partial charge on any atom is -0.364 e. The Kier molecular flexibility index (Phi) is 2.66. The molecule has 0 saturated heterocycles. The molecule has 0 N–H and O–H groups in total. The summed E-state index contributed by atoms with van der Waals surface area (Å²) < 4.78 is 42.8. The fraction of sp³-hybridized carbons (Fsp3) is 0.500. The highest BCUT2D eigenvalue weighted by Gasteiger charge is 2.33. The maximum Gasteiger partial charge on any atom is 0.418 e. The van der Waals surface area contributed by atoms with Crippen molar-refractivity contribution in [2.24, 2.45) is 0 Å². The zero-order valence-electron chi connectivity index (χ0n) is 7.35. The van der Waals surface area contributed by atoms with Gasteiger partial charge in [-0.2, -0.15) is 13.2 Å². The highest BCUT2D eigenvalue weighted by atomic mass is 19.4. The van der Waals surface area contributed by atoms with Gasteiger partial charge in [0.1, 0.15) is 6.73 Å². The monoisotopic (exact) mass is 193 g/mol. The number of halogens is 3. The van der Waals surface area contributed by atoms with Crippen molar-refractivity contribution in [2.75, 3.05) is 7.11 Å². The third kappa shape index (κ3) is 2.24. The summed E-state index contributed by atoms with van der Waals surface area (Å²) in [7, 11) is 1.43. The first kappa shape index (κ1) is 10.1. The van der Waals surface area contributed by atoms with Gasteiger partial charge in [0.25, 0.3) is 0 Å². The molecule has 0 amide bonds. The molecule has 0 saturated carbocycles. The number of rotatable bonds is 2. The van der Waals surface area contributed by atoms with Gasteiger partial charge < -0.3 is 9.30 Å². The molecule has 5 heteroatoms. The van der Waals surface area contributed by atoms with Crippen LogP contribution in [-0.2, 0) is 17.6 Å². The van der Waals surface area contributed by atoms with Crippen LogP contribution in [0, 0.1) is 6.92 Å². The van der Waals surface area contributed by atoms with Gasteiger partial charge in [0.2, 0.25) is 0 Å². The van der Waals surface area contributed by atoms with Crippen molar-refractivity contribution in [1.29, 1.82) is 0 Å². The molecule has 0 unspecified atom stereocenters. The molecule has 0 radical (unpaired) electrons. The van der Waals surface area contributed by atoms with Gasteiger partial charge in [-0.1, -0.05) is 0 Å². The van der Waals surface area contributed by atoms with E-state index in [9.17, 15) is 13.2 Å². The van der Waals surface area contributed by atoms with Crippen molar-refractivity contribution in [1.82, 2.24) is 4.57 Å². The summed E-state index contributed by atoms with van der Waals surface area (Å²) in [5.41, 5.74) is -0.394. The summed E-state index contributed by atoms with van der Waals surface area (Å²) in [6.45, 7) is 1.56. The average molecular weight is 193 g/mol. The largest absolute Gasteiger partial charge is 0.418 e. The van der Waals surface area contributed by atoms with Gasteiger partial charge in [0.05, 0.1) is 5.56 Å². The maximum atomic E-state index is 12.2. The van der Waals surface area contributed by atoms with Crippen LogP contribution in [0.1, 0.15) is 11.1 Å². The Hall–Kier alpha value is -0.970. The third-order valence-electron chi connectivity index (χ3n) is 1.66. The molecule has 0 atom stereocenters. The number of alkyl halides is 3. The smallest absolute Gasteiger partial charge is 0.364 e. The highest BCUT2D eigenvalue weighted by Crippen LogP contribution is 2.32. The number of hydrogen-bond donors (Lipinski definition) is 0. The molecule has 1 heterocycles. The molecule has 0 fully saturated rings. The fourth-order valence-electron chi connectivity index (χ4n) is 1.14.